The van der Waals surface area contributed by atoms with Gasteiger partial charge in [0.25, 0.3) is 5.91 Å². The fourth-order valence-electron chi connectivity index (χ4n) is 3.15. The van der Waals surface area contributed by atoms with E-state index in [0.717, 1.165) is 18.8 Å². The molecule has 0 spiro atoms. The van der Waals surface area contributed by atoms with Gasteiger partial charge in [-0.2, -0.15) is 4.31 Å². The molecule has 2 aromatic carbocycles. The normalized spacial score (nSPS) is 16.2. The van der Waals surface area contributed by atoms with Crippen LogP contribution in [0.25, 0.3) is 0 Å². The molecule has 2 aromatic rings. The van der Waals surface area contributed by atoms with E-state index in [4.69, 9.17) is 0 Å². The van der Waals surface area contributed by atoms with Gasteiger partial charge >= 0.3 is 0 Å². The summed E-state index contributed by atoms with van der Waals surface area (Å²) >= 11 is 0. The van der Waals surface area contributed by atoms with E-state index in [2.05, 4.69) is 4.90 Å². The first-order chi connectivity index (χ1) is 12.9. The Labute approximate surface area is 161 Å². The Kier molecular flexibility index (Phi) is 5.94. The van der Waals surface area contributed by atoms with E-state index >= 15 is 0 Å². The van der Waals surface area contributed by atoms with Gasteiger partial charge in [0, 0.05) is 44.0 Å². The van der Waals surface area contributed by atoms with Crippen molar-refractivity contribution in [3.63, 3.8) is 0 Å². The molecular weight excluding hydrogens is 362 g/mol. The smallest absolute Gasteiger partial charge is 0.258 e. The molecule has 6 nitrogen and oxygen atoms in total. The zero-order chi connectivity index (χ0) is 19.4. The summed E-state index contributed by atoms with van der Waals surface area (Å²) < 4.78 is 27.1. The minimum atomic E-state index is -3.52. The number of hydrogen-bond acceptors (Lipinski definition) is 4. The minimum Gasteiger partial charge on any atom is -0.309 e. The van der Waals surface area contributed by atoms with Crippen molar-refractivity contribution in [1.29, 1.82) is 0 Å². The number of piperazine rings is 1. The van der Waals surface area contributed by atoms with Crippen molar-refractivity contribution in [1.82, 2.24) is 9.21 Å². The molecule has 1 aliphatic rings. The van der Waals surface area contributed by atoms with E-state index < -0.39 is 10.0 Å². The summed E-state index contributed by atoms with van der Waals surface area (Å²) in [5.74, 6) is -0.146. The summed E-state index contributed by atoms with van der Waals surface area (Å²) in [5.41, 5.74) is 1.29. The third kappa shape index (κ3) is 4.21. The number of likely N-dealkylation sites (N-methyl/N-ethyl adjacent to an activating group) is 1. The minimum absolute atomic E-state index is 0.146. The van der Waals surface area contributed by atoms with E-state index in [-0.39, 0.29) is 10.8 Å². The standard InChI is InChI=1S/C20H25N3O3S/c1-3-23(18-7-5-4-6-8-18)20(24)17-9-11-19(12-10-17)27(25,26)22-15-13-21(2)14-16-22/h4-12H,3,13-16H2,1-2H3. The van der Waals surface area contributed by atoms with E-state index in [1.807, 2.05) is 44.3 Å². The zero-order valence-electron chi connectivity index (χ0n) is 15.7. The maximum Gasteiger partial charge on any atom is 0.258 e. The summed E-state index contributed by atoms with van der Waals surface area (Å²) in [5, 5.41) is 0. The van der Waals surface area contributed by atoms with Crippen LogP contribution in [0.2, 0.25) is 0 Å². The molecule has 0 bridgehead atoms. The Bertz CT molecular complexity index is 874. The van der Waals surface area contributed by atoms with Crippen molar-refractivity contribution in [3.05, 3.63) is 60.2 Å². The lowest BCUT2D eigenvalue weighted by molar-refractivity contribution is 0.0988. The Morgan fingerprint density at radius 2 is 1.56 bits per heavy atom. The predicted molar refractivity (Wildman–Crippen MR) is 106 cm³/mol. The summed E-state index contributed by atoms with van der Waals surface area (Å²) in [6, 6.07) is 15.7. The Hall–Kier alpha value is -2.22. The van der Waals surface area contributed by atoms with Crippen LogP contribution in [0.4, 0.5) is 5.69 Å². The molecule has 0 aromatic heterocycles. The molecule has 0 unspecified atom stereocenters. The van der Waals surface area contributed by atoms with Gasteiger partial charge in [-0.1, -0.05) is 18.2 Å². The third-order valence-corrected chi connectivity index (χ3v) is 6.74. The lowest BCUT2D eigenvalue weighted by atomic mass is 10.2. The quantitative estimate of drug-likeness (QED) is 0.790. The second-order valence-electron chi connectivity index (χ2n) is 6.62. The van der Waals surface area contributed by atoms with E-state index in [1.54, 1.807) is 17.0 Å². The molecular formula is C20H25N3O3S. The third-order valence-electron chi connectivity index (χ3n) is 4.83. The van der Waals surface area contributed by atoms with Gasteiger partial charge in [0.05, 0.1) is 4.90 Å². The fraction of sp³-hybridized carbons (Fsp3) is 0.350. The lowest BCUT2D eigenvalue weighted by Gasteiger charge is -2.31. The SMILES string of the molecule is CCN(C(=O)c1ccc(S(=O)(=O)N2CCN(C)CC2)cc1)c1ccccc1. The molecule has 1 aliphatic heterocycles. The number of sulfonamides is 1. The maximum atomic E-state index is 12.8. The summed E-state index contributed by atoms with van der Waals surface area (Å²) in [6.07, 6.45) is 0. The number of rotatable bonds is 5. The summed E-state index contributed by atoms with van der Waals surface area (Å²) in [6.45, 7) is 4.85. The van der Waals surface area contributed by atoms with Crippen molar-refractivity contribution < 1.29 is 13.2 Å². The van der Waals surface area contributed by atoms with Gasteiger partial charge in [-0.15, -0.1) is 0 Å². The van der Waals surface area contributed by atoms with Crippen LogP contribution >= 0.6 is 0 Å². The second-order valence-corrected chi connectivity index (χ2v) is 8.55. The topological polar surface area (TPSA) is 60.9 Å². The fourth-order valence-corrected chi connectivity index (χ4v) is 4.58. The molecule has 0 atom stereocenters. The van der Waals surface area contributed by atoms with Gasteiger partial charge in [0.2, 0.25) is 10.0 Å². The van der Waals surface area contributed by atoms with Gasteiger partial charge in [0.1, 0.15) is 0 Å². The van der Waals surface area contributed by atoms with Crippen LogP contribution in [0.5, 0.6) is 0 Å². The molecule has 1 fully saturated rings. The average molecular weight is 388 g/mol. The molecule has 0 aliphatic carbocycles. The number of nitrogens with zero attached hydrogens (tertiary/aromatic N) is 3. The molecule has 0 N–H and O–H groups in total. The first-order valence-electron chi connectivity index (χ1n) is 9.09. The molecule has 1 saturated heterocycles. The summed E-state index contributed by atoms with van der Waals surface area (Å²) in [7, 11) is -1.54. The van der Waals surface area contributed by atoms with Crippen molar-refractivity contribution in [2.75, 3.05) is 44.7 Å². The van der Waals surface area contributed by atoms with Crippen LogP contribution in [0.1, 0.15) is 17.3 Å². The maximum absolute atomic E-state index is 12.8. The van der Waals surface area contributed by atoms with Gasteiger partial charge < -0.3 is 9.80 Å². The van der Waals surface area contributed by atoms with Crippen LogP contribution < -0.4 is 4.90 Å². The number of hydrogen-bond donors (Lipinski definition) is 0. The number of para-hydroxylation sites is 1. The van der Waals surface area contributed by atoms with Gasteiger partial charge in [-0.05, 0) is 50.4 Å². The van der Waals surface area contributed by atoms with Crippen LogP contribution in [-0.2, 0) is 10.0 Å². The highest BCUT2D eigenvalue weighted by Gasteiger charge is 2.27. The highest BCUT2D eigenvalue weighted by molar-refractivity contribution is 7.89. The molecule has 0 saturated carbocycles. The van der Waals surface area contributed by atoms with Crippen molar-refractivity contribution in [3.8, 4) is 0 Å². The number of amides is 1. The highest BCUT2D eigenvalue weighted by Crippen LogP contribution is 2.20. The highest BCUT2D eigenvalue weighted by atomic mass is 32.2. The average Bonchev–Trinajstić information content (AvgIpc) is 2.70. The Morgan fingerprint density at radius 1 is 0.963 bits per heavy atom. The van der Waals surface area contributed by atoms with Crippen LogP contribution in [0.3, 0.4) is 0 Å². The van der Waals surface area contributed by atoms with Gasteiger partial charge in [-0.25, -0.2) is 8.42 Å². The number of anilines is 1. The van der Waals surface area contributed by atoms with Crippen molar-refractivity contribution in [2.24, 2.45) is 0 Å². The molecule has 1 amide bonds. The molecule has 7 heteroatoms. The molecule has 144 valence electrons. The van der Waals surface area contributed by atoms with Crippen molar-refractivity contribution >= 4 is 21.6 Å². The van der Waals surface area contributed by atoms with Gasteiger partial charge in [-0.3, -0.25) is 4.79 Å². The monoisotopic (exact) mass is 387 g/mol. The molecule has 1 heterocycles. The van der Waals surface area contributed by atoms with E-state index in [1.165, 1.54) is 16.4 Å². The number of carbonyl (C=O) groups is 1. The van der Waals surface area contributed by atoms with Crippen molar-refractivity contribution in [2.45, 2.75) is 11.8 Å². The van der Waals surface area contributed by atoms with E-state index in [9.17, 15) is 13.2 Å². The largest absolute Gasteiger partial charge is 0.309 e. The summed E-state index contributed by atoms with van der Waals surface area (Å²) in [4.78, 5) is 16.8. The number of carbonyl (C=O) groups excluding carboxylic acids is 1. The second kappa shape index (κ2) is 8.21. The Balaban J connectivity index is 1.79. The first-order valence-corrected chi connectivity index (χ1v) is 10.5. The van der Waals surface area contributed by atoms with Crippen LogP contribution in [0.15, 0.2) is 59.5 Å². The van der Waals surface area contributed by atoms with Crippen LogP contribution in [0, 0.1) is 0 Å². The molecule has 3 rings (SSSR count). The van der Waals surface area contributed by atoms with E-state index in [0.29, 0.717) is 25.2 Å². The van der Waals surface area contributed by atoms with Crippen LogP contribution in [-0.4, -0.2) is 63.3 Å². The van der Waals surface area contributed by atoms with Gasteiger partial charge in [0.15, 0.2) is 0 Å². The zero-order valence-corrected chi connectivity index (χ0v) is 16.5. The Morgan fingerprint density at radius 3 is 2.11 bits per heavy atom. The number of benzene rings is 2. The molecule has 27 heavy (non-hydrogen) atoms. The predicted octanol–water partition coefficient (Wildman–Crippen LogP) is 2.29. The molecule has 0 radical (unpaired) electrons. The lowest BCUT2D eigenvalue weighted by Crippen LogP contribution is -2.47. The first kappa shape index (κ1) is 19.5.